The van der Waals surface area contributed by atoms with Crippen LogP contribution in [0.1, 0.15) is 30.5 Å². The van der Waals surface area contributed by atoms with E-state index in [1.165, 1.54) is 11.1 Å². The van der Waals surface area contributed by atoms with Crippen molar-refractivity contribution in [2.45, 2.75) is 25.8 Å². The van der Waals surface area contributed by atoms with Crippen LogP contribution >= 0.6 is 0 Å². The highest BCUT2D eigenvalue weighted by molar-refractivity contribution is 5.38. The van der Waals surface area contributed by atoms with E-state index in [1.807, 2.05) is 6.07 Å². The fraction of sp³-hybridized carbons (Fsp3) is 0.571. The van der Waals surface area contributed by atoms with E-state index in [4.69, 9.17) is 10.5 Å². The van der Waals surface area contributed by atoms with Crippen molar-refractivity contribution in [1.82, 2.24) is 4.90 Å². The first-order valence-electron chi connectivity index (χ1n) is 6.15. The van der Waals surface area contributed by atoms with Crippen molar-refractivity contribution in [3.8, 4) is 5.75 Å². The lowest BCUT2D eigenvalue weighted by molar-refractivity contribution is 0.382. The maximum Gasteiger partial charge on any atom is 0.122 e. The largest absolute Gasteiger partial charge is 0.496 e. The first-order chi connectivity index (χ1) is 8.08. The van der Waals surface area contributed by atoms with Crippen LogP contribution in [0.2, 0.25) is 0 Å². The molecule has 1 aromatic rings. The van der Waals surface area contributed by atoms with Crippen molar-refractivity contribution in [2.75, 3.05) is 27.7 Å². The van der Waals surface area contributed by atoms with Gasteiger partial charge in [0.1, 0.15) is 5.75 Å². The Hall–Kier alpha value is -1.06. The highest BCUT2D eigenvalue weighted by atomic mass is 16.5. The third kappa shape index (κ3) is 4.02. The van der Waals surface area contributed by atoms with Gasteiger partial charge in [-0.1, -0.05) is 19.1 Å². The Morgan fingerprint density at radius 1 is 1.35 bits per heavy atom. The lowest BCUT2D eigenvalue weighted by atomic mass is 10.00. The molecule has 1 atom stereocenters. The Morgan fingerprint density at radius 2 is 2.06 bits per heavy atom. The highest BCUT2D eigenvalue weighted by Crippen LogP contribution is 2.24. The SMILES string of the molecule is CCc1cc(C(N)CCN(C)C)ccc1OC. The smallest absolute Gasteiger partial charge is 0.122 e. The number of ether oxygens (including phenoxy) is 1. The van der Waals surface area contributed by atoms with E-state index >= 15 is 0 Å². The van der Waals surface area contributed by atoms with Crippen LogP contribution < -0.4 is 10.5 Å². The number of nitrogens with zero attached hydrogens (tertiary/aromatic N) is 1. The molecule has 2 N–H and O–H groups in total. The van der Waals surface area contributed by atoms with Crippen LogP contribution in [0, 0.1) is 0 Å². The minimum absolute atomic E-state index is 0.105. The molecule has 0 fully saturated rings. The molecule has 0 aliphatic carbocycles. The van der Waals surface area contributed by atoms with Gasteiger partial charge in [-0.25, -0.2) is 0 Å². The summed E-state index contributed by atoms with van der Waals surface area (Å²) in [5, 5.41) is 0. The van der Waals surface area contributed by atoms with E-state index < -0.39 is 0 Å². The zero-order valence-electron chi connectivity index (χ0n) is 11.4. The van der Waals surface area contributed by atoms with Crippen molar-refractivity contribution in [1.29, 1.82) is 0 Å². The summed E-state index contributed by atoms with van der Waals surface area (Å²) in [6, 6.07) is 6.36. The summed E-state index contributed by atoms with van der Waals surface area (Å²) in [5.41, 5.74) is 8.62. The number of hydrogen-bond acceptors (Lipinski definition) is 3. The molecular weight excluding hydrogens is 212 g/mol. The van der Waals surface area contributed by atoms with Gasteiger partial charge in [0.2, 0.25) is 0 Å². The maximum absolute atomic E-state index is 6.19. The number of rotatable bonds is 6. The van der Waals surface area contributed by atoms with E-state index in [9.17, 15) is 0 Å². The average Bonchev–Trinajstić information content (AvgIpc) is 2.34. The summed E-state index contributed by atoms with van der Waals surface area (Å²) in [6.45, 7) is 3.14. The van der Waals surface area contributed by atoms with Crippen molar-refractivity contribution >= 4 is 0 Å². The van der Waals surface area contributed by atoms with Gasteiger partial charge >= 0.3 is 0 Å². The van der Waals surface area contributed by atoms with Gasteiger partial charge in [0.05, 0.1) is 7.11 Å². The molecule has 0 aliphatic rings. The van der Waals surface area contributed by atoms with Gasteiger partial charge in [-0.3, -0.25) is 0 Å². The first-order valence-corrected chi connectivity index (χ1v) is 6.15. The molecular formula is C14H24N2O. The predicted octanol–water partition coefficient (Wildman–Crippen LogP) is 2.21. The Balaban J connectivity index is 2.77. The molecule has 0 amide bonds. The topological polar surface area (TPSA) is 38.5 Å². The van der Waals surface area contributed by atoms with Crippen LogP contribution in [0.3, 0.4) is 0 Å². The van der Waals surface area contributed by atoms with Gasteiger partial charge in [0, 0.05) is 6.04 Å². The molecule has 0 saturated carbocycles. The monoisotopic (exact) mass is 236 g/mol. The molecule has 1 rings (SSSR count). The van der Waals surface area contributed by atoms with Crippen LogP contribution in [-0.4, -0.2) is 32.6 Å². The molecule has 3 heteroatoms. The van der Waals surface area contributed by atoms with Crippen molar-refractivity contribution < 1.29 is 4.74 Å². The summed E-state index contributed by atoms with van der Waals surface area (Å²) in [5.74, 6) is 0.955. The second-order valence-corrected chi connectivity index (χ2v) is 4.62. The number of aryl methyl sites for hydroxylation is 1. The van der Waals surface area contributed by atoms with Crippen LogP contribution in [0.5, 0.6) is 5.75 Å². The fourth-order valence-electron chi connectivity index (χ4n) is 1.87. The van der Waals surface area contributed by atoms with Crippen LogP contribution in [0.15, 0.2) is 18.2 Å². The van der Waals surface area contributed by atoms with Gasteiger partial charge < -0.3 is 15.4 Å². The van der Waals surface area contributed by atoms with Crippen molar-refractivity contribution in [2.24, 2.45) is 5.73 Å². The summed E-state index contributed by atoms with van der Waals surface area (Å²) in [7, 11) is 5.84. The summed E-state index contributed by atoms with van der Waals surface area (Å²) < 4.78 is 5.32. The normalized spacial score (nSPS) is 12.8. The third-order valence-electron chi connectivity index (χ3n) is 3.00. The highest BCUT2D eigenvalue weighted by Gasteiger charge is 2.09. The Bertz CT molecular complexity index is 350. The van der Waals surface area contributed by atoms with Crippen molar-refractivity contribution in [3.05, 3.63) is 29.3 Å². The molecule has 17 heavy (non-hydrogen) atoms. The molecule has 3 nitrogen and oxygen atoms in total. The Morgan fingerprint density at radius 3 is 2.59 bits per heavy atom. The lowest BCUT2D eigenvalue weighted by Crippen LogP contribution is -2.20. The molecule has 0 spiro atoms. The molecule has 0 radical (unpaired) electrons. The standard InChI is InChI=1S/C14H24N2O/c1-5-11-10-12(6-7-14(11)17-4)13(15)8-9-16(2)3/h6-7,10,13H,5,8-9,15H2,1-4H3. The molecule has 0 bridgehead atoms. The van der Waals surface area contributed by atoms with Gasteiger partial charge in [0.15, 0.2) is 0 Å². The average molecular weight is 236 g/mol. The number of methoxy groups -OCH3 is 1. The summed E-state index contributed by atoms with van der Waals surface area (Å²) in [4.78, 5) is 2.16. The van der Waals surface area contributed by atoms with Gasteiger partial charge in [-0.05, 0) is 50.7 Å². The molecule has 96 valence electrons. The summed E-state index contributed by atoms with van der Waals surface area (Å²) in [6.07, 6.45) is 1.94. The van der Waals surface area contributed by atoms with E-state index in [2.05, 4.69) is 38.1 Å². The second-order valence-electron chi connectivity index (χ2n) is 4.62. The molecule has 0 saturated heterocycles. The van der Waals surface area contributed by atoms with Gasteiger partial charge in [-0.2, -0.15) is 0 Å². The van der Waals surface area contributed by atoms with E-state index in [0.717, 1.165) is 25.1 Å². The fourth-order valence-corrected chi connectivity index (χ4v) is 1.87. The first kappa shape index (κ1) is 14.0. The minimum Gasteiger partial charge on any atom is -0.496 e. The van der Waals surface area contributed by atoms with E-state index in [-0.39, 0.29) is 6.04 Å². The molecule has 1 aromatic carbocycles. The van der Waals surface area contributed by atoms with E-state index in [0.29, 0.717) is 0 Å². The lowest BCUT2D eigenvalue weighted by Gasteiger charge is -2.17. The van der Waals surface area contributed by atoms with Crippen molar-refractivity contribution in [3.63, 3.8) is 0 Å². The Kier molecular flexibility index (Phi) is 5.45. The van der Waals surface area contributed by atoms with Gasteiger partial charge in [-0.15, -0.1) is 0 Å². The van der Waals surface area contributed by atoms with Gasteiger partial charge in [0.25, 0.3) is 0 Å². The second kappa shape index (κ2) is 6.62. The molecule has 0 heterocycles. The molecule has 1 unspecified atom stereocenters. The third-order valence-corrected chi connectivity index (χ3v) is 3.00. The zero-order valence-corrected chi connectivity index (χ0v) is 11.4. The van der Waals surface area contributed by atoms with Crippen LogP contribution in [0.4, 0.5) is 0 Å². The summed E-state index contributed by atoms with van der Waals surface area (Å²) >= 11 is 0. The van der Waals surface area contributed by atoms with Crippen LogP contribution in [-0.2, 0) is 6.42 Å². The van der Waals surface area contributed by atoms with E-state index in [1.54, 1.807) is 7.11 Å². The van der Waals surface area contributed by atoms with Crippen LogP contribution in [0.25, 0.3) is 0 Å². The minimum atomic E-state index is 0.105. The Labute approximate surface area is 105 Å². The molecule has 0 aliphatic heterocycles. The molecule has 0 aromatic heterocycles. The quantitative estimate of drug-likeness (QED) is 0.823. The number of nitrogens with two attached hydrogens (primary N) is 1. The predicted molar refractivity (Wildman–Crippen MR) is 72.5 cm³/mol. The zero-order chi connectivity index (χ0) is 12.8. The number of benzene rings is 1. The maximum atomic E-state index is 6.19. The number of hydrogen-bond donors (Lipinski definition) is 1.